The average molecular weight is 734 g/mol. The maximum Gasteiger partial charge on any atom is 0.416 e. The van der Waals surface area contributed by atoms with Gasteiger partial charge in [0, 0.05) is 25.6 Å². The van der Waals surface area contributed by atoms with Gasteiger partial charge in [-0.25, -0.2) is 23.1 Å². The predicted octanol–water partition coefficient (Wildman–Crippen LogP) is 7.45. The summed E-state index contributed by atoms with van der Waals surface area (Å²) in [5, 5.41) is 11.7. The lowest BCUT2D eigenvalue weighted by Crippen LogP contribution is -2.37. The zero-order valence-corrected chi connectivity index (χ0v) is 30.8. The first kappa shape index (κ1) is 37.1. The van der Waals surface area contributed by atoms with Crippen molar-refractivity contribution in [3.05, 3.63) is 106 Å². The number of sulfonamides is 1. The van der Waals surface area contributed by atoms with Crippen LogP contribution in [-0.4, -0.2) is 50.1 Å². The van der Waals surface area contributed by atoms with Crippen LogP contribution in [0.15, 0.2) is 72.1 Å². The normalized spacial score (nSPS) is 17.1. The number of fused-ring (bicyclic) bond motifs is 2. The fourth-order valence-corrected chi connectivity index (χ4v) is 8.95. The van der Waals surface area contributed by atoms with Crippen LogP contribution in [-0.2, 0) is 40.5 Å². The Bertz CT molecular complexity index is 2240. The predicted molar refractivity (Wildman–Crippen MR) is 192 cm³/mol. The smallest absolute Gasteiger partial charge is 0.323 e. The van der Waals surface area contributed by atoms with Gasteiger partial charge in [0.2, 0.25) is 15.9 Å². The van der Waals surface area contributed by atoms with Gasteiger partial charge in [-0.1, -0.05) is 62.7 Å². The number of aryl methyl sites for hydroxylation is 3. The molecule has 3 heterocycles. The van der Waals surface area contributed by atoms with Crippen LogP contribution in [0.25, 0.3) is 11.0 Å². The molecule has 10 nitrogen and oxygen atoms in total. The van der Waals surface area contributed by atoms with Gasteiger partial charge in [-0.05, 0) is 84.7 Å². The van der Waals surface area contributed by atoms with Gasteiger partial charge in [-0.3, -0.25) is 4.79 Å². The van der Waals surface area contributed by atoms with Crippen molar-refractivity contribution in [2.24, 2.45) is 11.3 Å². The summed E-state index contributed by atoms with van der Waals surface area (Å²) in [4.78, 5) is 21.9. The van der Waals surface area contributed by atoms with E-state index in [-0.39, 0.29) is 29.8 Å². The molecule has 5 aromatic rings. The first-order valence-corrected chi connectivity index (χ1v) is 18.7. The number of aromatic nitrogens is 5. The van der Waals surface area contributed by atoms with Crippen LogP contribution in [0.3, 0.4) is 0 Å². The van der Waals surface area contributed by atoms with Crippen molar-refractivity contribution in [3.8, 4) is 0 Å². The van der Waals surface area contributed by atoms with Crippen molar-refractivity contribution in [1.29, 1.82) is 0 Å². The molecule has 274 valence electrons. The molecule has 1 N–H and O–H groups in total. The summed E-state index contributed by atoms with van der Waals surface area (Å²) >= 11 is 0. The molecule has 2 aromatic heterocycles. The van der Waals surface area contributed by atoms with Gasteiger partial charge in [0.15, 0.2) is 0 Å². The minimum Gasteiger partial charge on any atom is -0.323 e. The van der Waals surface area contributed by atoms with E-state index in [0.717, 1.165) is 39.9 Å². The second-order valence-electron chi connectivity index (χ2n) is 14.1. The maximum absolute atomic E-state index is 14.2. The Hall–Kier alpha value is -4.69. The summed E-state index contributed by atoms with van der Waals surface area (Å²) in [6.45, 7) is 12.2. The van der Waals surface area contributed by atoms with E-state index >= 15 is 0 Å². The molecule has 0 saturated heterocycles. The number of hydrogen-bond acceptors (Lipinski definition) is 7. The first-order chi connectivity index (χ1) is 24.6. The fraction of sp³-hybridized carbons (Fsp3) is 0.395. The molecule has 1 aliphatic rings. The molecule has 1 amide bonds. The Balaban J connectivity index is 1.46. The maximum atomic E-state index is 14.2. The lowest BCUT2D eigenvalue weighted by Gasteiger charge is -2.35. The number of benzene rings is 3. The molecule has 0 unspecified atom stereocenters. The number of amides is 1. The molecule has 2 atom stereocenters. The van der Waals surface area contributed by atoms with Crippen molar-refractivity contribution in [3.63, 3.8) is 0 Å². The van der Waals surface area contributed by atoms with Crippen LogP contribution >= 0.6 is 0 Å². The topological polar surface area (TPSA) is 123 Å². The third kappa shape index (κ3) is 6.93. The van der Waals surface area contributed by atoms with E-state index in [1.165, 1.54) is 29.1 Å². The second-order valence-corrected chi connectivity index (χ2v) is 16.0. The SMILES string of the molecule is CC[C@H]1Cc2ccc(C(F)(F)F)cc2S(=O)(=O)N(Cc2cc([C@@H](c3ccc4c(nnn4CC)c3C)C(C)(C)C(=O)Nc3cncnc3)ccc2C)C1. The Morgan fingerprint density at radius 2 is 1.75 bits per heavy atom. The molecule has 14 heteroatoms. The highest BCUT2D eigenvalue weighted by atomic mass is 32.2. The highest BCUT2D eigenvalue weighted by Gasteiger charge is 2.41. The van der Waals surface area contributed by atoms with Gasteiger partial charge in [-0.2, -0.15) is 17.5 Å². The zero-order valence-electron chi connectivity index (χ0n) is 30.0. The van der Waals surface area contributed by atoms with Crippen molar-refractivity contribution in [2.75, 3.05) is 11.9 Å². The molecule has 0 spiro atoms. The summed E-state index contributed by atoms with van der Waals surface area (Å²) in [7, 11) is -4.31. The summed E-state index contributed by atoms with van der Waals surface area (Å²) in [6.07, 6.45) is 0.711. The lowest BCUT2D eigenvalue weighted by molar-refractivity contribution is -0.137. The van der Waals surface area contributed by atoms with E-state index in [4.69, 9.17) is 0 Å². The van der Waals surface area contributed by atoms with Crippen molar-refractivity contribution >= 4 is 32.7 Å². The number of hydrogen-bond donors (Lipinski definition) is 1. The molecule has 0 aliphatic carbocycles. The fourth-order valence-electron chi connectivity index (χ4n) is 7.20. The van der Waals surface area contributed by atoms with Crippen molar-refractivity contribution in [1.82, 2.24) is 29.3 Å². The van der Waals surface area contributed by atoms with E-state index in [0.29, 0.717) is 41.7 Å². The van der Waals surface area contributed by atoms with Crippen LogP contribution in [0.2, 0.25) is 0 Å². The summed E-state index contributed by atoms with van der Waals surface area (Å²) in [5.41, 5.74) is 4.25. The van der Waals surface area contributed by atoms with Gasteiger partial charge in [0.25, 0.3) is 0 Å². The van der Waals surface area contributed by atoms with E-state index < -0.39 is 33.1 Å². The molecule has 3 aromatic carbocycles. The Morgan fingerprint density at radius 3 is 2.42 bits per heavy atom. The number of anilines is 1. The molecule has 0 radical (unpaired) electrons. The molecular formula is C38H42F3N7O3S. The molecular weight excluding hydrogens is 692 g/mol. The van der Waals surface area contributed by atoms with E-state index in [2.05, 4.69) is 25.6 Å². The first-order valence-electron chi connectivity index (χ1n) is 17.2. The van der Waals surface area contributed by atoms with Crippen LogP contribution in [0.1, 0.15) is 79.0 Å². The number of nitrogens with one attached hydrogen (secondary N) is 1. The van der Waals surface area contributed by atoms with E-state index in [1.54, 1.807) is 4.68 Å². The largest absolute Gasteiger partial charge is 0.416 e. The zero-order chi connectivity index (χ0) is 37.6. The number of carbonyl (C=O) groups is 1. The minimum absolute atomic E-state index is 0.0578. The molecule has 1 aliphatic heterocycles. The van der Waals surface area contributed by atoms with E-state index in [9.17, 15) is 26.4 Å². The minimum atomic E-state index is -4.69. The molecule has 6 rings (SSSR count). The lowest BCUT2D eigenvalue weighted by atomic mass is 9.69. The van der Waals surface area contributed by atoms with Crippen molar-refractivity contribution < 1.29 is 26.4 Å². The number of carbonyl (C=O) groups excluding carboxylic acids is 1. The highest BCUT2D eigenvalue weighted by Crippen LogP contribution is 2.45. The van der Waals surface area contributed by atoms with Gasteiger partial charge >= 0.3 is 6.18 Å². The number of halogens is 3. The number of nitrogens with zero attached hydrogens (tertiary/aromatic N) is 6. The molecule has 0 bridgehead atoms. The standard InChI is InChI=1S/C38H42F3N7O3S/c1-7-25-15-26-11-12-29(38(39,40)41)17-33(26)52(50,51)47(20-25)21-28-16-27(10-9-23(28)3)34(37(5,6)36(49)44-30-18-42-22-43-19-30)31-13-14-32-35(24(31)4)45-46-48(32)8-2/h9-14,16-19,22,25,34H,7-8,15,20-21H2,1-6H3,(H,44,49)/t25-,34-/m0/s1. The van der Waals surface area contributed by atoms with Crippen LogP contribution in [0.5, 0.6) is 0 Å². The Kier molecular flexibility index (Phi) is 10.0. The molecule has 52 heavy (non-hydrogen) atoms. The molecule has 0 saturated carbocycles. The third-order valence-corrected chi connectivity index (χ3v) is 12.2. The van der Waals surface area contributed by atoms with Gasteiger partial charge in [0.1, 0.15) is 11.8 Å². The van der Waals surface area contributed by atoms with E-state index in [1.807, 2.05) is 71.9 Å². The van der Waals surface area contributed by atoms with Crippen LogP contribution < -0.4 is 5.32 Å². The van der Waals surface area contributed by atoms with Gasteiger partial charge in [-0.15, -0.1) is 5.10 Å². The average Bonchev–Trinajstić information content (AvgIpc) is 3.49. The van der Waals surface area contributed by atoms with Crippen LogP contribution in [0.4, 0.5) is 18.9 Å². The Morgan fingerprint density at radius 1 is 1.02 bits per heavy atom. The third-order valence-electron chi connectivity index (χ3n) is 10.3. The highest BCUT2D eigenvalue weighted by molar-refractivity contribution is 7.89. The number of alkyl halides is 3. The van der Waals surface area contributed by atoms with Gasteiger partial charge in [0.05, 0.1) is 39.5 Å². The molecule has 0 fully saturated rings. The summed E-state index contributed by atoms with van der Waals surface area (Å²) in [6, 6.07) is 12.7. The Labute approximate surface area is 301 Å². The number of rotatable bonds is 9. The second kappa shape index (κ2) is 14.0. The quantitative estimate of drug-likeness (QED) is 0.167. The summed E-state index contributed by atoms with van der Waals surface area (Å²) < 4.78 is 72.9. The monoisotopic (exact) mass is 733 g/mol. The van der Waals surface area contributed by atoms with Gasteiger partial charge < -0.3 is 5.32 Å². The van der Waals surface area contributed by atoms with Crippen LogP contribution in [0, 0.1) is 25.2 Å². The van der Waals surface area contributed by atoms with Crippen molar-refractivity contribution in [2.45, 2.75) is 84.5 Å². The summed E-state index contributed by atoms with van der Waals surface area (Å²) in [5.74, 6) is -0.935.